The summed E-state index contributed by atoms with van der Waals surface area (Å²) in [7, 11) is -3.81. The summed E-state index contributed by atoms with van der Waals surface area (Å²) < 4.78 is 23.9. The molecule has 0 atom stereocenters. The van der Waals surface area contributed by atoms with Gasteiger partial charge in [-0.15, -0.1) is 0 Å². The van der Waals surface area contributed by atoms with Crippen LogP contribution in [0.1, 0.15) is 13.3 Å². The Morgan fingerprint density at radius 2 is 2.00 bits per heavy atom. The molecule has 1 aromatic carbocycles. The molecule has 1 amide bonds. The van der Waals surface area contributed by atoms with Crippen LogP contribution in [-0.2, 0) is 15.0 Å². The molecule has 0 saturated carbocycles. The summed E-state index contributed by atoms with van der Waals surface area (Å²) in [5.74, 6) is -0.145. The number of hydrogen-bond donors (Lipinski definition) is 4. The predicted molar refractivity (Wildman–Crippen MR) is 75.0 cm³/mol. The van der Waals surface area contributed by atoms with Gasteiger partial charge in [0.25, 0.3) is 10.2 Å². The third-order valence-electron chi connectivity index (χ3n) is 2.19. The standard InChI is InChI=1S/C11H18N4O3S/c1-2-13-7-6-11(16)14-9-4-3-5-10(8-9)15-19(12,17)18/h3-5,8,13,15H,2,6-7H2,1H3,(H,14,16)(H2,12,17,18). The molecule has 8 heteroatoms. The van der Waals surface area contributed by atoms with E-state index in [0.29, 0.717) is 24.3 Å². The van der Waals surface area contributed by atoms with Crippen molar-refractivity contribution < 1.29 is 13.2 Å². The molecule has 0 saturated heterocycles. The molecule has 19 heavy (non-hydrogen) atoms. The Balaban J connectivity index is 2.59. The largest absolute Gasteiger partial charge is 0.326 e. The summed E-state index contributed by atoms with van der Waals surface area (Å²) in [6.07, 6.45) is 0.348. The van der Waals surface area contributed by atoms with Crippen molar-refractivity contribution in [2.45, 2.75) is 13.3 Å². The second-order valence-corrected chi connectivity index (χ2v) is 5.17. The topological polar surface area (TPSA) is 113 Å². The van der Waals surface area contributed by atoms with Crippen LogP contribution in [0.3, 0.4) is 0 Å². The summed E-state index contributed by atoms with van der Waals surface area (Å²) in [6, 6.07) is 6.32. The van der Waals surface area contributed by atoms with Crippen molar-refractivity contribution in [1.82, 2.24) is 5.32 Å². The monoisotopic (exact) mass is 286 g/mol. The minimum absolute atomic E-state index is 0.145. The number of carbonyl (C=O) groups excluding carboxylic acids is 1. The van der Waals surface area contributed by atoms with Crippen LogP contribution in [0.4, 0.5) is 11.4 Å². The molecule has 0 fully saturated rings. The van der Waals surface area contributed by atoms with Crippen LogP contribution in [-0.4, -0.2) is 27.4 Å². The maximum atomic E-state index is 11.6. The molecule has 7 nitrogen and oxygen atoms in total. The molecule has 0 unspecified atom stereocenters. The lowest BCUT2D eigenvalue weighted by atomic mass is 10.2. The van der Waals surface area contributed by atoms with Gasteiger partial charge in [0.15, 0.2) is 0 Å². The van der Waals surface area contributed by atoms with Crippen molar-refractivity contribution in [1.29, 1.82) is 0 Å². The van der Waals surface area contributed by atoms with E-state index in [2.05, 4.69) is 15.4 Å². The average molecular weight is 286 g/mol. The van der Waals surface area contributed by atoms with Gasteiger partial charge in [-0.05, 0) is 24.7 Å². The highest BCUT2D eigenvalue weighted by Gasteiger charge is 2.05. The minimum Gasteiger partial charge on any atom is -0.326 e. The SMILES string of the molecule is CCNCCC(=O)Nc1cccc(NS(N)(=O)=O)c1. The van der Waals surface area contributed by atoms with E-state index < -0.39 is 10.2 Å². The predicted octanol–water partition coefficient (Wildman–Crippen LogP) is 0.240. The van der Waals surface area contributed by atoms with Crippen LogP contribution in [0.5, 0.6) is 0 Å². The van der Waals surface area contributed by atoms with Crippen molar-refractivity contribution in [3.63, 3.8) is 0 Å². The van der Waals surface area contributed by atoms with E-state index in [4.69, 9.17) is 5.14 Å². The number of amides is 1. The van der Waals surface area contributed by atoms with Crippen molar-refractivity contribution in [3.8, 4) is 0 Å². The van der Waals surface area contributed by atoms with E-state index in [1.54, 1.807) is 18.2 Å². The van der Waals surface area contributed by atoms with Gasteiger partial charge in [0, 0.05) is 18.7 Å². The molecule has 0 aromatic heterocycles. The van der Waals surface area contributed by atoms with Gasteiger partial charge in [-0.3, -0.25) is 9.52 Å². The van der Waals surface area contributed by atoms with Gasteiger partial charge in [0.05, 0.1) is 5.69 Å². The number of anilines is 2. The fraction of sp³-hybridized carbons (Fsp3) is 0.364. The molecule has 1 rings (SSSR count). The average Bonchev–Trinajstić information content (AvgIpc) is 2.27. The van der Waals surface area contributed by atoms with Crippen LogP contribution in [0.2, 0.25) is 0 Å². The molecule has 106 valence electrons. The lowest BCUT2D eigenvalue weighted by Crippen LogP contribution is -2.22. The Labute approximate surface area is 112 Å². The van der Waals surface area contributed by atoms with E-state index in [1.807, 2.05) is 6.92 Å². The number of hydrogen-bond acceptors (Lipinski definition) is 4. The number of rotatable bonds is 7. The van der Waals surface area contributed by atoms with Crippen LogP contribution in [0, 0.1) is 0 Å². The highest BCUT2D eigenvalue weighted by Crippen LogP contribution is 2.15. The Bertz CT molecular complexity index is 530. The van der Waals surface area contributed by atoms with E-state index >= 15 is 0 Å². The normalized spacial score (nSPS) is 11.1. The quantitative estimate of drug-likeness (QED) is 0.538. The Morgan fingerprint density at radius 1 is 1.32 bits per heavy atom. The van der Waals surface area contributed by atoms with Gasteiger partial charge in [-0.1, -0.05) is 13.0 Å². The Morgan fingerprint density at radius 3 is 2.63 bits per heavy atom. The van der Waals surface area contributed by atoms with E-state index in [0.717, 1.165) is 6.54 Å². The Kier molecular flexibility index (Phi) is 5.74. The van der Waals surface area contributed by atoms with Gasteiger partial charge in [-0.2, -0.15) is 8.42 Å². The summed E-state index contributed by atoms with van der Waals surface area (Å²) in [5, 5.41) is 10.6. The lowest BCUT2D eigenvalue weighted by molar-refractivity contribution is -0.116. The van der Waals surface area contributed by atoms with E-state index in [9.17, 15) is 13.2 Å². The zero-order chi connectivity index (χ0) is 14.3. The zero-order valence-corrected chi connectivity index (χ0v) is 11.5. The molecule has 0 bridgehead atoms. The number of nitrogens with one attached hydrogen (secondary N) is 3. The molecule has 0 heterocycles. The van der Waals surface area contributed by atoms with Crippen LogP contribution in [0.25, 0.3) is 0 Å². The molecule has 0 radical (unpaired) electrons. The first-order valence-electron chi connectivity index (χ1n) is 5.82. The van der Waals surface area contributed by atoms with Crippen molar-refractivity contribution >= 4 is 27.5 Å². The molecule has 0 spiro atoms. The number of benzene rings is 1. The second kappa shape index (κ2) is 7.07. The van der Waals surface area contributed by atoms with E-state index in [-0.39, 0.29) is 5.91 Å². The third-order valence-corrected chi connectivity index (χ3v) is 2.71. The van der Waals surface area contributed by atoms with Gasteiger partial charge < -0.3 is 10.6 Å². The molecular formula is C11H18N4O3S. The van der Waals surface area contributed by atoms with Crippen LogP contribution in [0.15, 0.2) is 24.3 Å². The molecule has 0 aliphatic rings. The summed E-state index contributed by atoms with van der Waals surface area (Å²) in [6.45, 7) is 3.36. The molecule has 5 N–H and O–H groups in total. The minimum atomic E-state index is -3.81. The number of nitrogens with two attached hydrogens (primary N) is 1. The third kappa shape index (κ3) is 6.75. The summed E-state index contributed by atoms with van der Waals surface area (Å²) >= 11 is 0. The summed E-state index contributed by atoms with van der Waals surface area (Å²) in [4.78, 5) is 11.6. The van der Waals surface area contributed by atoms with Crippen LogP contribution >= 0.6 is 0 Å². The van der Waals surface area contributed by atoms with Gasteiger partial charge in [0.2, 0.25) is 5.91 Å². The molecule has 0 aliphatic heterocycles. The highest BCUT2D eigenvalue weighted by atomic mass is 32.2. The molecule has 1 aromatic rings. The highest BCUT2D eigenvalue weighted by molar-refractivity contribution is 7.90. The number of carbonyl (C=O) groups is 1. The zero-order valence-electron chi connectivity index (χ0n) is 10.6. The molecular weight excluding hydrogens is 268 g/mol. The van der Waals surface area contributed by atoms with Gasteiger partial charge in [0.1, 0.15) is 0 Å². The maximum absolute atomic E-state index is 11.6. The van der Waals surface area contributed by atoms with Gasteiger partial charge in [-0.25, -0.2) is 5.14 Å². The summed E-state index contributed by atoms with van der Waals surface area (Å²) in [5.41, 5.74) is 0.808. The van der Waals surface area contributed by atoms with Crippen molar-refractivity contribution in [2.75, 3.05) is 23.1 Å². The van der Waals surface area contributed by atoms with Crippen LogP contribution < -0.4 is 20.5 Å². The first kappa shape index (κ1) is 15.4. The van der Waals surface area contributed by atoms with Crippen molar-refractivity contribution in [2.24, 2.45) is 5.14 Å². The van der Waals surface area contributed by atoms with Crippen molar-refractivity contribution in [3.05, 3.63) is 24.3 Å². The molecule has 0 aliphatic carbocycles. The fourth-order valence-corrected chi connectivity index (χ4v) is 1.88. The Hall–Kier alpha value is -1.64. The lowest BCUT2D eigenvalue weighted by Gasteiger charge is -2.08. The smallest absolute Gasteiger partial charge is 0.296 e. The van der Waals surface area contributed by atoms with Gasteiger partial charge >= 0.3 is 0 Å². The maximum Gasteiger partial charge on any atom is 0.296 e. The second-order valence-electron chi connectivity index (χ2n) is 3.88. The first-order valence-corrected chi connectivity index (χ1v) is 7.36. The fourth-order valence-electron chi connectivity index (χ4n) is 1.43. The first-order chi connectivity index (χ1) is 8.90. The van der Waals surface area contributed by atoms with E-state index in [1.165, 1.54) is 6.07 Å².